The van der Waals surface area contributed by atoms with Crippen molar-refractivity contribution in [3.8, 4) is 0 Å². The van der Waals surface area contributed by atoms with Crippen LogP contribution in [0.4, 0.5) is 0 Å². The molecule has 0 spiro atoms. The zero-order valence-corrected chi connectivity index (χ0v) is 13.1. The lowest BCUT2D eigenvalue weighted by Crippen LogP contribution is -2.55. The molecule has 0 aromatic carbocycles. The van der Waals surface area contributed by atoms with Crippen LogP contribution in [0, 0.1) is 0 Å². The molecule has 5 heteroatoms. The lowest BCUT2D eigenvalue weighted by molar-refractivity contribution is 0.0605. The molecule has 3 rings (SSSR count). The second-order valence-corrected chi connectivity index (χ2v) is 6.96. The number of piperazine rings is 1. The summed E-state index contributed by atoms with van der Waals surface area (Å²) in [5.74, 6) is 0.535. The fraction of sp³-hybridized carbons (Fsp3) is 0.786. The van der Waals surface area contributed by atoms with E-state index in [9.17, 15) is 0 Å². The molecule has 2 atom stereocenters. The van der Waals surface area contributed by atoms with E-state index in [0.29, 0.717) is 11.9 Å². The maximum absolute atomic E-state index is 5.80. The summed E-state index contributed by atoms with van der Waals surface area (Å²) in [5, 5.41) is 3.32. The summed E-state index contributed by atoms with van der Waals surface area (Å²) < 4.78 is 0. The van der Waals surface area contributed by atoms with E-state index in [1.54, 1.807) is 11.3 Å². The molecular formula is C14H22ClN3S. The molecule has 2 unspecified atom stereocenters. The highest BCUT2D eigenvalue weighted by molar-refractivity contribution is 7.09. The monoisotopic (exact) mass is 299 g/mol. The van der Waals surface area contributed by atoms with E-state index in [1.165, 1.54) is 37.5 Å². The standard InChI is InChI=1S/C14H22ClN3S/c1-11-8-18-5-2-3-13(18)9-17(11)6-4-14-16-12(7-15)10-19-14/h10-11,13H,2-9H2,1H3. The van der Waals surface area contributed by atoms with Gasteiger partial charge in [-0.1, -0.05) is 0 Å². The van der Waals surface area contributed by atoms with Gasteiger partial charge in [0.15, 0.2) is 0 Å². The van der Waals surface area contributed by atoms with Gasteiger partial charge in [-0.3, -0.25) is 9.80 Å². The van der Waals surface area contributed by atoms with Gasteiger partial charge in [0.05, 0.1) is 16.6 Å². The molecule has 0 N–H and O–H groups in total. The summed E-state index contributed by atoms with van der Waals surface area (Å²) in [7, 11) is 0. The summed E-state index contributed by atoms with van der Waals surface area (Å²) in [6.07, 6.45) is 3.84. The Morgan fingerprint density at radius 3 is 3.16 bits per heavy atom. The summed E-state index contributed by atoms with van der Waals surface area (Å²) >= 11 is 7.55. The SMILES string of the molecule is CC1CN2CCCC2CN1CCc1nc(CCl)cs1. The maximum Gasteiger partial charge on any atom is 0.0941 e. The first-order chi connectivity index (χ1) is 9.26. The average molecular weight is 300 g/mol. The molecule has 2 saturated heterocycles. The molecule has 0 radical (unpaired) electrons. The molecule has 0 saturated carbocycles. The van der Waals surface area contributed by atoms with Crippen LogP contribution < -0.4 is 0 Å². The number of rotatable bonds is 4. The Kier molecular flexibility index (Phi) is 4.42. The van der Waals surface area contributed by atoms with Crippen LogP contribution in [0.15, 0.2) is 5.38 Å². The largest absolute Gasteiger partial charge is 0.298 e. The smallest absolute Gasteiger partial charge is 0.0941 e. The van der Waals surface area contributed by atoms with Crippen LogP contribution >= 0.6 is 22.9 Å². The highest BCUT2D eigenvalue weighted by Gasteiger charge is 2.33. The second-order valence-electron chi connectivity index (χ2n) is 5.75. The van der Waals surface area contributed by atoms with Gasteiger partial charge in [-0.05, 0) is 26.3 Å². The van der Waals surface area contributed by atoms with Gasteiger partial charge in [-0.2, -0.15) is 0 Å². The number of nitrogens with zero attached hydrogens (tertiary/aromatic N) is 3. The molecule has 106 valence electrons. The molecule has 2 aliphatic rings. The summed E-state index contributed by atoms with van der Waals surface area (Å²) in [5.41, 5.74) is 1.02. The van der Waals surface area contributed by atoms with Crippen LogP contribution in [0.3, 0.4) is 0 Å². The molecule has 2 fully saturated rings. The number of thiazole rings is 1. The lowest BCUT2D eigenvalue weighted by Gasteiger charge is -2.42. The van der Waals surface area contributed by atoms with E-state index < -0.39 is 0 Å². The average Bonchev–Trinajstić information content (AvgIpc) is 3.03. The molecule has 0 amide bonds. The number of halogens is 1. The van der Waals surface area contributed by atoms with Crippen LogP contribution in [-0.2, 0) is 12.3 Å². The Hall–Kier alpha value is -0.160. The summed E-state index contributed by atoms with van der Waals surface area (Å²) in [6, 6.07) is 1.49. The van der Waals surface area contributed by atoms with Gasteiger partial charge in [0.25, 0.3) is 0 Å². The van der Waals surface area contributed by atoms with Crippen molar-refractivity contribution in [3.63, 3.8) is 0 Å². The molecule has 0 aliphatic carbocycles. The van der Waals surface area contributed by atoms with E-state index >= 15 is 0 Å². The first kappa shape index (κ1) is 13.8. The van der Waals surface area contributed by atoms with Crippen molar-refractivity contribution in [1.29, 1.82) is 0 Å². The number of fused-ring (bicyclic) bond motifs is 1. The van der Waals surface area contributed by atoms with E-state index in [-0.39, 0.29) is 0 Å². The molecule has 1 aromatic heterocycles. The minimum atomic E-state index is 0.535. The minimum absolute atomic E-state index is 0.535. The van der Waals surface area contributed by atoms with Crippen LogP contribution in [0.1, 0.15) is 30.5 Å². The van der Waals surface area contributed by atoms with Crippen molar-refractivity contribution in [2.75, 3.05) is 26.2 Å². The molecular weight excluding hydrogens is 278 g/mol. The topological polar surface area (TPSA) is 19.4 Å². The quantitative estimate of drug-likeness (QED) is 0.797. The Morgan fingerprint density at radius 1 is 1.47 bits per heavy atom. The Morgan fingerprint density at radius 2 is 2.37 bits per heavy atom. The molecule has 3 heterocycles. The fourth-order valence-corrected chi connectivity index (χ4v) is 4.34. The van der Waals surface area contributed by atoms with Gasteiger partial charge < -0.3 is 0 Å². The zero-order chi connectivity index (χ0) is 13.2. The number of alkyl halides is 1. The summed E-state index contributed by atoms with van der Waals surface area (Å²) in [4.78, 5) is 9.88. The Balaban J connectivity index is 1.54. The predicted molar refractivity (Wildman–Crippen MR) is 81.0 cm³/mol. The Bertz CT molecular complexity index is 423. The summed E-state index contributed by atoms with van der Waals surface area (Å²) in [6.45, 7) is 7.31. The van der Waals surface area contributed by atoms with Crippen molar-refractivity contribution in [2.45, 2.75) is 44.1 Å². The van der Waals surface area contributed by atoms with Crippen LogP contribution in [0.5, 0.6) is 0 Å². The predicted octanol–water partition coefficient (Wildman–Crippen LogP) is 2.59. The maximum atomic E-state index is 5.80. The number of hydrogen-bond acceptors (Lipinski definition) is 4. The van der Waals surface area contributed by atoms with E-state index in [1.807, 2.05) is 0 Å². The van der Waals surface area contributed by atoms with Crippen molar-refractivity contribution >= 4 is 22.9 Å². The van der Waals surface area contributed by atoms with Crippen molar-refractivity contribution in [2.24, 2.45) is 0 Å². The fourth-order valence-electron chi connectivity index (χ4n) is 3.32. The molecule has 3 nitrogen and oxygen atoms in total. The van der Waals surface area contributed by atoms with Gasteiger partial charge in [-0.25, -0.2) is 4.98 Å². The van der Waals surface area contributed by atoms with E-state index in [0.717, 1.165) is 24.7 Å². The van der Waals surface area contributed by atoms with E-state index in [2.05, 4.69) is 27.1 Å². The third kappa shape index (κ3) is 3.13. The first-order valence-corrected chi connectivity index (χ1v) is 8.65. The van der Waals surface area contributed by atoms with Crippen molar-refractivity contribution in [3.05, 3.63) is 16.1 Å². The number of hydrogen-bond donors (Lipinski definition) is 0. The van der Waals surface area contributed by atoms with Gasteiger partial charge in [0.1, 0.15) is 0 Å². The highest BCUT2D eigenvalue weighted by Crippen LogP contribution is 2.24. The van der Waals surface area contributed by atoms with Gasteiger partial charge >= 0.3 is 0 Å². The second kappa shape index (κ2) is 6.08. The molecule has 19 heavy (non-hydrogen) atoms. The number of aromatic nitrogens is 1. The van der Waals surface area contributed by atoms with Crippen molar-refractivity contribution in [1.82, 2.24) is 14.8 Å². The van der Waals surface area contributed by atoms with E-state index in [4.69, 9.17) is 11.6 Å². The highest BCUT2D eigenvalue weighted by atomic mass is 35.5. The first-order valence-electron chi connectivity index (χ1n) is 7.23. The van der Waals surface area contributed by atoms with Gasteiger partial charge in [0.2, 0.25) is 0 Å². The third-order valence-corrected chi connectivity index (χ3v) is 5.65. The molecule has 1 aromatic rings. The molecule has 0 bridgehead atoms. The van der Waals surface area contributed by atoms with Gasteiger partial charge in [-0.15, -0.1) is 22.9 Å². The normalized spacial score (nSPS) is 28.7. The Labute approximate surface area is 124 Å². The van der Waals surface area contributed by atoms with Crippen molar-refractivity contribution < 1.29 is 0 Å². The third-order valence-electron chi connectivity index (χ3n) is 4.42. The molecule has 2 aliphatic heterocycles. The van der Waals surface area contributed by atoms with Gasteiger partial charge in [0, 0.05) is 43.5 Å². The van der Waals surface area contributed by atoms with Crippen LogP contribution in [0.25, 0.3) is 0 Å². The van der Waals surface area contributed by atoms with Crippen LogP contribution in [-0.4, -0.2) is 53.0 Å². The van der Waals surface area contributed by atoms with Crippen LogP contribution in [0.2, 0.25) is 0 Å². The minimum Gasteiger partial charge on any atom is -0.298 e. The zero-order valence-electron chi connectivity index (χ0n) is 11.5. The lowest BCUT2D eigenvalue weighted by atomic mass is 10.1.